The van der Waals surface area contributed by atoms with E-state index in [-0.39, 0.29) is 41.4 Å². The fourth-order valence-electron chi connectivity index (χ4n) is 0. The Hall–Kier alpha value is -0.0777. The molecule has 0 heterocycles. The molecule has 0 aliphatic rings. The summed E-state index contributed by atoms with van der Waals surface area (Å²) in [5.41, 5.74) is 0. The predicted octanol–water partition coefficient (Wildman–Crippen LogP) is -1.28. The Bertz CT molecular complexity index is 42.8. The number of aliphatic carboxylic acids is 1. The zero-order valence-corrected chi connectivity index (χ0v) is 3.58. The zero-order chi connectivity index (χ0) is 3.58. The molecular formula is C2H11BF3LiO2. The van der Waals surface area contributed by atoms with Crippen LogP contribution in [0.2, 0.25) is 0 Å². The molecule has 0 fully saturated rings. The van der Waals surface area contributed by atoms with Crippen molar-refractivity contribution < 1.29 is 24.0 Å². The Morgan fingerprint density at radius 1 is 1.22 bits per heavy atom. The molecule has 2 nitrogen and oxygen atoms in total. The van der Waals surface area contributed by atoms with E-state index in [0.29, 0.717) is 0 Å². The van der Waals surface area contributed by atoms with Crippen LogP contribution in [0.15, 0.2) is 0 Å². The molecule has 0 aromatic rings. The van der Waals surface area contributed by atoms with E-state index in [9.17, 15) is 0 Å². The number of hydrogen-bond donors (Lipinski definition) is 1. The van der Waals surface area contributed by atoms with Crippen LogP contribution in [-0.4, -0.2) is 38.3 Å². The first-order valence-corrected chi connectivity index (χ1v) is 0.928. The van der Waals surface area contributed by atoms with Gasteiger partial charge in [-0.05, 0) is 0 Å². The van der Waals surface area contributed by atoms with Gasteiger partial charge in [0.25, 0.3) is 5.97 Å². The van der Waals surface area contributed by atoms with Gasteiger partial charge in [0.2, 0.25) is 0 Å². The molecule has 0 spiro atoms. The van der Waals surface area contributed by atoms with Gasteiger partial charge < -0.3 is 5.11 Å². The van der Waals surface area contributed by atoms with E-state index in [0.717, 1.165) is 6.92 Å². The monoisotopic (exact) mass is 142 g/mol. The van der Waals surface area contributed by atoms with Crippen LogP contribution in [0.25, 0.3) is 0 Å². The molecular weight excluding hydrogens is 131 g/mol. The van der Waals surface area contributed by atoms with Gasteiger partial charge in [0.1, 0.15) is 0 Å². The van der Waals surface area contributed by atoms with Crippen LogP contribution in [0, 0.1) is 0 Å². The number of halogens is 3. The molecule has 0 rings (SSSR count). The van der Waals surface area contributed by atoms with Crippen LogP contribution in [-0.2, 0) is 4.79 Å². The van der Waals surface area contributed by atoms with E-state index in [1.54, 1.807) is 0 Å². The van der Waals surface area contributed by atoms with Crippen molar-refractivity contribution in [3.63, 3.8) is 0 Å². The van der Waals surface area contributed by atoms with Crippen LogP contribution in [0.3, 0.4) is 0 Å². The molecule has 7 heteroatoms. The number of rotatable bonds is 0. The second-order valence-electron chi connectivity index (χ2n) is 0.519. The van der Waals surface area contributed by atoms with Crippen LogP contribution in [0.5, 0.6) is 0 Å². The first-order chi connectivity index (χ1) is 1.73. The SMILES string of the molecule is B.CC(=O)O.F.F.F.[LiH]. The molecule has 1 N–H and O–H groups in total. The van der Waals surface area contributed by atoms with Gasteiger partial charge in [-0.15, -0.1) is 0 Å². The molecule has 9 heavy (non-hydrogen) atoms. The van der Waals surface area contributed by atoms with Crippen molar-refractivity contribution >= 4 is 33.2 Å². The van der Waals surface area contributed by atoms with Crippen LogP contribution in [0.1, 0.15) is 6.92 Å². The maximum absolute atomic E-state index is 9.00. The Morgan fingerprint density at radius 2 is 1.22 bits per heavy atom. The van der Waals surface area contributed by atoms with Crippen molar-refractivity contribution in [2.45, 2.75) is 6.92 Å². The minimum absolute atomic E-state index is 0. The van der Waals surface area contributed by atoms with E-state index < -0.39 is 5.97 Å². The fourth-order valence-corrected chi connectivity index (χ4v) is 0. The number of carboxylic acids is 1. The quantitative estimate of drug-likeness (QED) is 0.427. The summed E-state index contributed by atoms with van der Waals surface area (Å²) in [6, 6.07) is 0. The van der Waals surface area contributed by atoms with Gasteiger partial charge in [0.05, 0.1) is 8.41 Å². The molecule has 0 aliphatic carbocycles. The summed E-state index contributed by atoms with van der Waals surface area (Å²) in [5, 5.41) is 7.42. The van der Waals surface area contributed by atoms with Gasteiger partial charge >= 0.3 is 18.9 Å². The van der Waals surface area contributed by atoms with E-state index in [1.807, 2.05) is 0 Å². The average Bonchev–Trinajstić information content (AvgIpc) is 0.811. The Kier molecular flexibility index (Phi) is 324. The number of hydrogen-bond acceptors (Lipinski definition) is 1. The molecule has 0 atom stereocenters. The predicted molar refractivity (Wildman–Crippen MR) is 37.9 cm³/mol. The van der Waals surface area contributed by atoms with Crippen molar-refractivity contribution in [2.75, 3.05) is 0 Å². The van der Waals surface area contributed by atoms with Gasteiger partial charge in [-0.3, -0.25) is 18.9 Å². The van der Waals surface area contributed by atoms with Crippen LogP contribution in [0.4, 0.5) is 14.1 Å². The van der Waals surface area contributed by atoms with Crippen molar-refractivity contribution in [2.24, 2.45) is 0 Å². The molecule has 0 bridgehead atoms. The molecule has 0 radical (unpaired) electrons. The first-order valence-electron chi connectivity index (χ1n) is 0.928. The summed E-state index contributed by atoms with van der Waals surface area (Å²) in [6.45, 7) is 1.08. The second kappa shape index (κ2) is 44.5. The molecule has 0 aromatic heterocycles. The molecule has 0 amide bonds. The fraction of sp³-hybridized carbons (Fsp3) is 0.500. The van der Waals surface area contributed by atoms with Crippen molar-refractivity contribution in [3.05, 3.63) is 0 Å². The van der Waals surface area contributed by atoms with Gasteiger partial charge in [0, 0.05) is 6.92 Å². The van der Waals surface area contributed by atoms with Crippen LogP contribution >= 0.6 is 0 Å². The summed E-state index contributed by atoms with van der Waals surface area (Å²) in [4.78, 5) is 9.00. The summed E-state index contributed by atoms with van der Waals surface area (Å²) >= 11 is 0. The topological polar surface area (TPSA) is 37.3 Å². The third kappa shape index (κ3) is 46100. The normalized spacial score (nSPS) is 2.78. The third-order valence-electron chi connectivity index (χ3n) is 0. The summed E-state index contributed by atoms with van der Waals surface area (Å²) in [6.07, 6.45) is 0. The first kappa shape index (κ1) is 65.6. The van der Waals surface area contributed by atoms with Gasteiger partial charge in [0.15, 0.2) is 0 Å². The Labute approximate surface area is 64.9 Å². The molecule has 0 saturated carbocycles. The van der Waals surface area contributed by atoms with Crippen LogP contribution < -0.4 is 0 Å². The van der Waals surface area contributed by atoms with Crippen molar-refractivity contribution in [3.8, 4) is 0 Å². The minimum atomic E-state index is -0.833. The molecule has 56 valence electrons. The van der Waals surface area contributed by atoms with Gasteiger partial charge in [-0.2, -0.15) is 0 Å². The Morgan fingerprint density at radius 3 is 1.22 bits per heavy atom. The second-order valence-corrected chi connectivity index (χ2v) is 0.519. The molecule has 0 aromatic carbocycles. The number of carbonyl (C=O) groups is 1. The number of carboxylic acid groups (broad SMARTS) is 1. The average molecular weight is 142 g/mol. The van der Waals surface area contributed by atoms with Crippen molar-refractivity contribution in [1.82, 2.24) is 0 Å². The zero-order valence-electron chi connectivity index (χ0n) is 3.58. The van der Waals surface area contributed by atoms with E-state index in [2.05, 4.69) is 0 Å². The third-order valence-corrected chi connectivity index (χ3v) is 0. The van der Waals surface area contributed by atoms with E-state index >= 15 is 0 Å². The standard InChI is InChI=1S/C2H4O2.BH3.3FH.Li.H/c1-2(3)4;;;;;;/h1H3,(H,3,4);1H3;3*1H;;. The van der Waals surface area contributed by atoms with E-state index in [4.69, 9.17) is 9.90 Å². The van der Waals surface area contributed by atoms with Gasteiger partial charge in [-0.1, -0.05) is 0 Å². The van der Waals surface area contributed by atoms with E-state index in [1.165, 1.54) is 0 Å². The summed E-state index contributed by atoms with van der Waals surface area (Å²) in [7, 11) is 0. The Balaban J connectivity index is -0.00000000450. The maximum atomic E-state index is 9.00. The molecule has 0 aliphatic heterocycles. The van der Waals surface area contributed by atoms with Crippen molar-refractivity contribution in [1.29, 1.82) is 0 Å². The summed E-state index contributed by atoms with van der Waals surface area (Å²) in [5.74, 6) is -0.833. The summed E-state index contributed by atoms with van der Waals surface area (Å²) < 4.78 is 0. The molecule has 0 unspecified atom stereocenters. The molecule has 0 saturated heterocycles. The van der Waals surface area contributed by atoms with Gasteiger partial charge in [-0.25, -0.2) is 0 Å².